The van der Waals surface area contributed by atoms with Crippen LogP contribution in [0.25, 0.3) is 0 Å². The summed E-state index contributed by atoms with van der Waals surface area (Å²) in [5, 5.41) is 2.88. The first-order chi connectivity index (χ1) is 15.1. The van der Waals surface area contributed by atoms with Crippen molar-refractivity contribution in [2.24, 2.45) is 0 Å². The van der Waals surface area contributed by atoms with Gasteiger partial charge in [-0.3, -0.25) is 4.79 Å². The van der Waals surface area contributed by atoms with E-state index in [2.05, 4.69) is 10.2 Å². The summed E-state index contributed by atoms with van der Waals surface area (Å²) in [6, 6.07) is 11.0. The number of hydrogen-bond acceptors (Lipinski definition) is 5. The van der Waals surface area contributed by atoms with E-state index in [1.165, 1.54) is 12.1 Å². The van der Waals surface area contributed by atoms with Gasteiger partial charge in [0.25, 0.3) is 5.91 Å². The average molecular weight is 471 g/mol. The highest BCUT2D eigenvalue weighted by Gasteiger charge is 2.30. The standard InChI is InChI=1S/C22H25F3N2O4S/c1-2-32(29,30)20-9-5-18(6-10-20)27-13-11-17(12-14-27)26-21(28)15-31-19-7-3-16(4-8-19)22(23,24)25/h3-10,17H,2,11-15H2,1H3,(H,26,28). The maximum atomic E-state index is 12.6. The van der Waals surface area contributed by atoms with Gasteiger partial charge in [0.2, 0.25) is 0 Å². The number of halogens is 3. The second-order valence-corrected chi connectivity index (χ2v) is 9.82. The molecule has 0 aromatic heterocycles. The lowest BCUT2D eigenvalue weighted by atomic mass is 10.0. The second-order valence-electron chi connectivity index (χ2n) is 7.54. The first-order valence-corrected chi connectivity index (χ1v) is 11.9. The summed E-state index contributed by atoms with van der Waals surface area (Å²) in [6.45, 7) is 2.73. The second kappa shape index (κ2) is 9.81. The fraction of sp³-hybridized carbons (Fsp3) is 0.409. The number of hydrogen-bond donors (Lipinski definition) is 1. The number of benzene rings is 2. The number of carbonyl (C=O) groups excluding carboxylic acids is 1. The van der Waals surface area contributed by atoms with Crippen LogP contribution in [0.2, 0.25) is 0 Å². The predicted octanol–water partition coefficient (Wildman–Crippen LogP) is 3.66. The molecule has 6 nitrogen and oxygen atoms in total. The van der Waals surface area contributed by atoms with Crippen LogP contribution in [0.1, 0.15) is 25.3 Å². The number of anilines is 1. The Hall–Kier alpha value is -2.75. The zero-order valence-electron chi connectivity index (χ0n) is 17.6. The number of sulfone groups is 1. The van der Waals surface area contributed by atoms with E-state index < -0.39 is 21.6 Å². The molecular weight excluding hydrogens is 445 g/mol. The molecule has 10 heteroatoms. The number of piperidine rings is 1. The molecule has 3 rings (SSSR count). The monoisotopic (exact) mass is 470 g/mol. The normalized spacial score (nSPS) is 15.4. The molecule has 0 atom stereocenters. The summed E-state index contributed by atoms with van der Waals surface area (Å²) in [5.74, 6) is -0.0889. The first kappa shape index (κ1) is 23.9. The Bertz CT molecular complexity index is 1010. The molecule has 1 aliphatic heterocycles. The summed E-state index contributed by atoms with van der Waals surface area (Å²) < 4.78 is 66.9. The van der Waals surface area contributed by atoms with Crippen molar-refractivity contribution in [3.05, 3.63) is 54.1 Å². The fourth-order valence-corrected chi connectivity index (χ4v) is 4.36. The van der Waals surface area contributed by atoms with E-state index in [0.717, 1.165) is 17.8 Å². The molecule has 174 valence electrons. The lowest BCUT2D eigenvalue weighted by Gasteiger charge is -2.34. The SMILES string of the molecule is CCS(=O)(=O)c1ccc(N2CCC(NC(=O)COc3ccc(C(F)(F)F)cc3)CC2)cc1. The molecular formula is C22H25F3N2O4S. The molecule has 2 aromatic carbocycles. The summed E-state index contributed by atoms with van der Waals surface area (Å²) in [6.07, 6.45) is -3.00. The molecule has 0 radical (unpaired) electrons. The maximum Gasteiger partial charge on any atom is 0.416 e. The van der Waals surface area contributed by atoms with Crippen LogP contribution in [-0.4, -0.2) is 45.8 Å². The molecule has 0 saturated carbocycles. The quantitative estimate of drug-likeness (QED) is 0.669. The molecule has 1 saturated heterocycles. The van der Waals surface area contributed by atoms with Crippen molar-refractivity contribution in [2.75, 3.05) is 30.3 Å². The van der Waals surface area contributed by atoms with Crippen LogP contribution in [-0.2, 0) is 20.8 Å². The number of alkyl halides is 3. The Kier molecular flexibility index (Phi) is 7.33. The van der Waals surface area contributed by atoms with Crippen molar-refractivity contribution in [1.82, 2.24) is 5.32 Å². The Morgan fingerprint density at radius 3 is 2.19 bits per heavy atom. The van der Waals surface area contributed by atoms with Crippen molar-refractivity contribution in [2.45, 2.75) is 36.9 Å². The van der Waals surface area contributed by atoms with E-state index in [9.17, 15) is 26.4 Å². The molecule has 0 bridgehead atoms. The van der Waals surface area contributed by atoms with Gasteiger partial charge in [0.1, 0.15) is 5.75 Å². The highest BCUT2D eigenvalue weighted by atomic mass is 32.2. The maximum absolute atomic E-state index is 12.6. The lowest BCUT2D eigenvalue weighted by Crippen LogP contribution is -2.46. The Labute approximate surface area is 185 Å². The van der Waals surface area contributed by atoms with E-state index in [-0.39, 0.29) is 30.1 Å². The minimum Gasteiger partial charge on any atom is -0.484 e. The van der Waals surface area contributed by atoms with Gasteiger partial charge in [0, 0.05) is 24.8 Å². The third kappa shape index (κ3) is 6.15. The van der Waals surface area contributed by atoms with Crippen LogP contribution < -0.4 is 15.0 Å². The van der Waals surface area contributed by atoms with Crippen molar-refractivity contribution >= 4 is 21.4 Å². The molecule has 1 amide bonds. The summed E-state index contributed by atoms with van der Waals surface area (Å²) in [4.78, 5) is 14.6. The first-order valence-electron chi connectivity index (χ1n) is 10.3. The van der Waals surface area contributed by atoms with E-state index in [0.29, 0.717) is 30.8 Å². The zero-order chi connectivity index (χ0) is 23.4. The number of nitrogens with zero attached hydrogens (tertiary/aromatic N) is 1. The van der Waals surface area contributed by atoms with E-state index in [4.69, 9.17) is 4.74 Å². The third-order valence-electron chi connectivity index (χ3n) is 5.35. The summed E-state index contributed by atoms with van der Waals surface area (Å²) in [7, 11) is -3.23. The molecule has 1 fully saturated rings. The number of nitrogens with one attached hydrogen (secondary N) is 1. The van der Waals surface area contributed by atoms with Crippen LogP contribution in [0.15, 0.2) is 53.4 Å². The van der Waals surface area contributed by atoms with Crippen LogP contribution in [0.5, 0.6) is 5.75 Å². The number of carbonyl (C=O) groups is 1. The molecule has 0 unspecified atom stereocenters. The third-order valence-corrected chi connectivity index (χ3v) is 7.10. The van der Waals surface area contributed by atoms with Gasteiger partial charge in [-0.05, 0) is 61.4 Å². The zero-order valence-corrected chi connectivity index (χ0v) is 18.4. The van der Waals surface area contributed by atoms with Gasteiger partial charge in [-0.15, -0.1) is 0 Å². The average Bonchev–Trinajstić information content (AvgIpc) is 2.78. The fourth-order valence-electron chi connectivity index (χ4n) is 3.47. The van der Waals surface area contributed by atoms with Gasteiger partial charge < -0.3 is 15.0 Å². The van der Waals surface area contributed by atoms with Crippen molar-refractivity contribution in [3.63, 3.8) is 0 Å². The van der Waals surface area contributed by atoms with Crippen LogP contribution in [0.4, 0.5) is 18.9 Å². The van der Waals surface area contributed by atoms with Gasteiger partial charge in [-0.2, -0.15) is 13.2 Å². The summed E-state index contributed by atoms with van der Waals surface area (Å²) >= 11 is 0. The van der Waals surface area contributed by atoms with Gasteiger partial charge >= 0.3 is 6.18 Å². The number of amides is 1. The minimum absolute atomic E-state index is 0.0327. The van der Waals surface area contributed by atoms with E-state index >= 15 is 0 Å². The Morgan fingerprint density at radius 2 is 1.66 bits per heavy atom. The molecule has 1 aliphatic rings. The Balaban J connectivity index is 1.44. The van der Waals surface area contributed by atoms with E-state index in [1.54, 1.807) is 31.2 Å². The van der Waals surface area contributed by atoms with Gasteiger partial charge in [0.05, 0.1) is 16.2 Å². The van der Waals surface area contributed by atoms with Crippen molar-refractivity contribution < 1.29 is 31.1 Å². The van der Waals surface area contributed by atoms with Gasteiger partial charge in [-0.1, -0.05) is 6.92 Å². The highest BCUT2D eigenvalue weighted by molar-refractivity contribution is 7.91. The molecule has 1 heterocycles. The number of rotatable bonds is 7. The van der Waals surface area contributed by atoms with E-state index in [1.807, 2.05) is 0 Å². The van der Waals surface area contributed by atoms with Crippen LogP contribution in [0.3, 0.4) is 0 Å². The van der Waals surface area contributed by atoms with Gasteiger partial charge in [0.15, 0.2) is 16.4 Å². The largest absolute Gasteiger partial charge is 0.484 e. The predicted molar refractivity (Wildman–Crippen MR) is 114 cm³/mol. The highest BCUT2D eigenvalue weighted by Crippen LogP contribution is 2.30. The molecule has 0 spiro atoms. The van der Waals surface area contributed by atoms with Crippen molar-refractivity contribution in [1.29, 1.82) is 0 Å². The van der Waals surface area contributed by atoms with Crippen LogP contribution >= 0.6 is 0 Å². The summed E-state index contributed by atoms with van der Waals surface area (Å²) in [5.41, 5.74) is 0.151. The Morgan fingerprint density at radius 1 is 1.06 bits per heavy atom. The number of ether oxygens (including phenoxy) is 1. The lowest BCUT2D eigenvalue weighted by molar-refractivity contribution is -0.137. The molecule has 1 N–H and O–H groups in total. The minimum atomic E-state index is -4.42. The molecule has 0 aliphatic carbocycles. The molecule has 32 heavy (non-hydrogen) atoms. The van der Waals surface area contributed by atoms with Crippen LogP contribution in [0, 0.1) is 0 Å². The topological polar surface area (TPSA) is 75.7 Å². The van der Waals surface area contributed by atoms with Crippen molar-refractivity contribution in [3.8, 4) is 5.75 Å². The molecule has 2 aromatic rings. The van der Waals surface area contributed by atoms with Gasteiger partial charge in [-0.25, -0.2) is 8.42 Å². The smallest absolute Gasteiger partial charge is 0.416 e.